The Morgan fingerprint density at radius 1 is 1.24 bits per heavy atom. The number of hydrogen-bond acceptors (Lipinski definition) is 2. The molecule has 1 rings (SSSR count). The fraction of sp³-hybridized carbons (Fsp3) is 0.600. The number of thioether (sulfide) groups is 1. The lowest BCUT2D eigenvalue weighted by Crippen LogP contribution is -2.19. The lowest BCUT2D eigenvalue weighted by atomic mass is 10.1. The van der Waals surface area contributed by atoms with Crippen molar-refractivity contribution in [2.45, 2.75) is 32.9 Å². The highest BCUT2D eigenvalue weighted by Gasteiger charge is 1.95. The monoisotopic (exact) mass is 251 g/mol. The first-order valence-electron chi connectivity index (χ1n) is 6.52. The number of nitrogens with one attached hydrogen (secondary N) is 1. The Morgan fingerprint density at radius 2 is 2.06 bits per heavy atom. The Hall–Kier alpha value is -0.470. The Bertz CT molecular complexity index is 310. The van der Waals surface area contributed by atoms with Gasteiger partial charge in [-0.3, -0.25) is 0 Å². The molecule has 0 fully saturated rings. The predicted molar refractivity (Wildman–Crippen MR) is 79.7 cm³/mol. The largest absolute Gasteiger partial charge is 0.316 e. The first-order chi connectivity index (χ1) is 8.18. The van der Waals surface area contributed by atoms with Gasteiger partial charge in [-0.1, -0.05) is 43.7 Å². The van der Waals surface area contributed by atoms with Gasteiger partial charge in [-0.25, -0.2) is 0 Å². The van der Waals surface area contributed by atoms with Crippen molar-refractivity contribution >= 4 is 11.8 Å². The molecule has 0 radical (unpaired) electrons. The van der Waals surface area contributed by atoms with Gasteiger partial charge in [-0.15, -0.1) is 0 Å². The van der Waals surface area contributed by atoms with Crippen molar-refractivity contribution in [3.8, 4) is 0 Å². The van der Waals surface area contributed by atoms with Crippen LogP contribution < -0.4 is 5.32 Å². The summed E-state index contributed by atoms with van der Waals surface area (Å²) in [6.45, 7) is 8.98. The van der Waals surface area contributed by atoms with Crippen molar-refractivity contribution in [1.29, 1.82) is 0 Å². The molecular formula is C15H25NS. The molecule has 17 heavy (non-hydrogen) atoms. The third-order valence-corrected chi connectivity index (χ3v) is 3.70. The summed E-state index contributed by atoms with van der Waals surface area (Å²) in [6.07, 6.45) is 1.28. The summed E-state index contributed by atoms with van der Waals surface area (Å²) < 4.78 is 0. The van der Waals surface area contributed by atoms with Crippen LogP contribution in [0.15, 0.2) is 24.3 Å². The molecule has 0 saturated carbocycles. The van der Waals surface area contributed by atoms with Gasteiger partial charge in [0.05, 0.1) is 0 Å². The van der Waals surface area contributed by atoms with E-state index in [1.54, 1.807) is 0 Å². The first-order valence-corrected chi connectivity index (χ1v) is 7.68. The molecule has 0 atom stereocenters. The summed E-state index contributed by atoms with van der Waals surface area (Å²) in [4.78, 5) is 0. The second-order valence-electron chi connectivity index (χ2n) is 4.97. The van der Waals surface area contributed by atoms with Gasteiger partial charge in [0.15, 0.2) is 0 Å². The predicted octanol–water partition coefficient (Wildman–Crippen LogP) is 3.86. The third kappa shape index (κ3) is 7.45. The van der Waals surface area contributed by atoms with Gasteiger partial charge in [0.25, 0.3) is 0 Å². The second-order valence-corrected chi connectivity index (χ2v) is 6.08. The minimum absolute atomic E-state index is 0.808. The molecule has 96 valence electrons. The maximum absolute atomic E-state index is 3.49. The van der Waals surface area contributed by atoms with Crippen molar-refractivity contribution in [3.05, 3.63) is 35.4 Å². The molecule has 1 nitrogen and oxygen atoms in total. The van der Waals surface area contributed by atoms with Crippen LogP contribution in [0.1, 0.15) is 31.4 Å². The SMILES string of the molecule is Cc1cccc(CSCCNCCC(C)C)c1. The molecule has 0 aliphatic rings. The van der Waals surface area contributed by atoms with Crippen LogP contribution in [0.4, 0.5) is 0 Å². The van der Waals surface area contributed by atoms with Crippen LogP contribution in [0.2, 0.25) is 0 Å². The van der Waals surface area contributed by atoms with E-state index in [0.29, 0.717) is 0 Å². The molecule has 0 saturated heterocycles. The zero-order chi connectivity index (χ0) is 12.5. The van der Waals surface area contributed by atoms with Gasteiger partial charge in [0, 0.05) is 18.1 Å². The molecule has 0 aliphatic carbocycles. The number of benzene rings is 1. The summed E-state index contributed by atoms with van der Waals surface area (Å²) in [7, 11) is 0. The molecule has 0 bridgehead atoms. The molecule has 0 spiro atoms. The van der Waals surface area contributed by atoms with Crippen molar-refractivity contribution < 1.29 is 0 Å². The molecule has 1 aromatic rings. The first kappa shape index (κ1) is 14.6. The highest BCUT2D eigenvalue weighted by Crippen LogP contribution is 2.12. The van der Waals surface area contributed by atoms with Crippen LogP contribution in [0.25, 0.3) is 0 Å². The average Bonchev–Trinajstić information content (AvgIpc) is 2.27. The Balaban J connectivity index is 2.01. The van der Waals surface area contributed by atoms with Crippen LogP contribution in [0.5, 0.6) is 0 Å². The van der Waals surface area contributed by atoms with E-state index in [4.69, 9.17) is 0 Å². The molecule has 1 aromatic carbocycles. The van der Waals surface area contributed by atoms with Crippen molar-refractivity contribution in [2.24, 2.45) is 5.92 Å². The van der Waals surface area contributed by atoms with Crippen LogP contribution >= 0.6 is 11.8 Å². The topological polar surface area (TPSA) is 12.0 Å². The van der Waals surface area contributed by atoms with E-state index in [2.05, 4.69) is 50.4 Å². The van der Waals surface area contributed by atoms with Crippen molar-refractivity contribution in [2.75, 3.05) is 18.8 Å². The fourth-order valence-electron chi connectivity index (χ4n) is 1.65. The van der Waals surface area contributed by atoms with Crippen molar-refractivity contribution in [1.82, 2.24) is 5.32 Å². The van der Waals surface area contributed by atoms with Gasteiger partial charge in [0.2, 0.25) is 0 Å². The molecular weight excluding hydrogens is 226 g/mol. The van der Waals surface area contributed by atoms with Crippen LogP contribution in [-0.4, -0.2) is 18.8 Å². The standard InChI is InChI=1S/C15H25NS/c1-13(2)7-8-16-9-10-17-12-15-6-4-5-14(3)11-15/h4-6,11,13,16H,7-10,12H2,1-3H3. The molecule has 1 N–H and O–H groups in total. The number of hydrogen-bond donors (Lipinski definition) is 1. The summed E-state index contributed by atoms with van der Waals surface area (Å²) in [6, 6.07) is 8.79. The quantitative estimate of drug-likeness (QED) is 0.704. The normalized spacial score (nSPS) is 11.1. The number of rotatable bonds is 8. The van der Waals surface area contributed by atoms with Gasteiger partial charge in [-0.05, 0) is 31.4 Å². The second kappa shape index (κ2) is 8.60. The van der Waals surface area contributed by atoms with E-state index in [0.717, 1.165) is 24.8 Å². The molecule has 0 amide bonds. The molecule has 0 aromatic heterocycles. The summed E-state index contributed by atoms with van der Waals surface area (Å²) in [5.41, 5.74) is 2.80. The maximum atomic E-state index is 3.49. The summed E-state index contributed by atoms with van der Waals surface area (Å²) in [5.74, 6) is 3.14. The van der Waals surface area contributed by atoms with Crippen molar-refractivity contribution in [3.63, 3.8) is 0 Å². The highest BCUT2D eigenvalue weighted by molar-refractivity contribution is 7.98. The average molecular weight is 251 g/mol. The third-order valence-electron chi connectivity index (χ3n) is 2.67. The lowest BCUT2D eigenvalue weighted by Gasteiger charge is -2.07. The molecule has 2 heteroatoms. The van der Waals surface area contributed by atoms with Crippen LogP contribution in [-0.2, 0) is 5.75 Å². The van der Waals surface area contributed by atoms with E-state index < -0.39 is 0 Å². The lowest BCUT2D eigenvalue weighted by molar-refractivity contribution is 0.547. The van der Waals surface area contributed by atoms with Gasteiger partial charge in [0.1, 0.15) is 0 Å². The molecule has 0 unspecified atom stereocenters. The zero-order valence-corrected chi connectivity index (χ0v) is 12.1. The Kier molecular flexibility index (Phi) is 7.38. The molecule has 0 aliphatic heterocycles. The van der Waals surface area contributed by atoms with E-state index in [-0.39, 0.29) is 0 Å². The number of aryl methyl sites for hydroxylation is 1. The van der Waals surface area contributed by atoms with E-state index in [1.165, 1.54) is 23.3 Å². The van der Waals surface area contributed by atoms with Gasteiger partial charge >= 0.3 is 0 Å². The summed E-state index contributed by atoms with van der Waals surface area (Å²) >= 11 is 2.01. The van der Waals surface area contributed by atoms with Gasteiger partial charge < -0.3 is 5.32 Å². The minimum atomic E-state index is 0.808. The summed E-state index contributed by atoms with van der Waals surface area (Å²) in [5, 5.41) is 3.49. The highest BCUT2D eigenvalue weighted by atomic mass is 32.2. The van der Waals surface area contributed by atoms with E-state index in [9.17, 15) is 0 Å². The molecule has 0 heterocycles. The fourth-order valence-corrected chi connectivity index (χ4v) is 2.50. The smallest absolute Gasteiger partial charge is 0.0185 e. The van der Waals surface area contributed by atoms with Crippen LogP contribution in [0, 0.1) is 12.8 Å². The van der Waals surface area contributed by atoms with E-state index >= 15 is 0 Å². The zero-order valence-electron chi connectivity index (χ0n) is 11.3. The minimum Gasteiger partial charge on any atom is -0.316 e. The Labute approximate surface area is 110 Å². The van der Waals surface area contributed by atoms with E-state index in [1.807, 2.05) is 11.8 Å². The van der Waals surface area contributed by atoms with Crippen LogP contribution in [0.3, 0.4) is 0 Å². The Morgan fingerprint density at radius 3 is 2.76 bits per heavy atom. The maximum Gasteiger partial charge on any atom is 0.0185 e. The van der Waals surface area contributed by atoms with Gasteiger partial charge in [-0.2, -0.15) is 11.8 Å².